The molecule has 0 spiro atoms. The second-order valence-corrected chi connectivity index (χ2v) is 7.64. The zero-order valence-electron chi connectivity index (χ0n) is 12.0. The van der Waals surface area contributed by atoms with Crippen LogP contribution in [0.3, 0.4) is 0 Å². The van der Waals surface area contributed by atoms with Crippen molar-refractivity contribution in [2.45, 2.75) is 31.3 Å². The van der Waals surface area contributed by atoms with E-state index < -0.39 is 10.0 Å². The van der Waals surface area contributed by atoms with E-state index in [-0.39, 0.29) is 10.9 Å². The van der Waals surface area contributed by atoms with E-state index in [9.17, 15) is 8.42 Å². The van der Waals surface area contributed by atoms with Gasteiger partial charge in [0.15, 0.2) is 0 Å². The molecule has 0 atom stereocenters. The number of rotatable bonds is 5. The molecular formula is C14H19N3O2S2. The number of nitrogens with two attached hydrogens (primary N) is 2. The van der Waals surface area contributed by atoms with Gasteiger partial charge in [0.05, 0.1) is 12.2 Å². The summed E-state index contributed by atoms with van der Waals surface area (Å²) in [5.74, 6) is 0. The summed E-state index contributed by atoms with van der Waals surface area (Å²) >= 11 is 1.63. The number of hydrogen-bond acceptors (Lipinski definition) is 5. The van der Waals surface area contributed by atoms with Crippen LogP contribution in [0.4, 0.5) is 11.4 Å². The largest absolute Gasteiger partial charge is 0.399 e. The first-order valence-electron chi connectivity index (χ1n) is 6.50. The fraction of sp³-hybridized carbons (Fsp3) is 0.286. The van der Waals surface area contributed by atoms with Crippen LogP contribution in [0.15, 0.2) is 40.6 Å². The number of sulfonamides is 1. The molecule has 2 rings (SSSR count). The minimum absolute atomic E-state index is 0.0627. The lowest BCUT2D eigenvalue weighted by Crippen LogP contribution is -2.32. The number of anilines is 2. The normalized spacial score (nSPS) is 11.8. The molecule has 0 saturated heterocycles. The maximum Gasteiger partial charge on any atom is 0.240 e. The molecule has 7 heteroatoms. The standard InChI is InChI=1S/C14H19N3O2S2/c1-10(2)17(9-12-4-3-7-20-12)13-6-5-11(15)8-14(13)21(16,18)19/h3-8,10H,9,15H2,1-2H3,(H2,16,18,19). The third kappa shape index (κ3) is 3.75. The van der Waals surface area contributed by atoms with Gasteiger partial charge >= 0.3 is 0 Å². The number of nitrogen functional groups attached to an aromatic ring is 1. The summed E-state index contributed by atoms with van der Waals surface area (Å²) in [5, 5.41) is 7.33. The molecule has 2 aromatic rings. The number of hydrogen-bond donors (Lipinski definition) is 2. The van der Waals surface area contributed by atoms with Gasteiger partial charge < -0.3 is 10.6 Å². The molecule has 4 N–H and O–H groups in total. The van der Waals surface area contributed by atoms with Crippen LogP contribution in [-0.2, 0) is 16.6 Å². The van der Waals surface area contributed by atoms with Gasteiger partial charge in [-0.3, -0.25) is 0 Å². The van der Waals surface area contributed by atoms with Crippen molar-refractivity contribution >= 4 is 32.7 Å². The van der Waals surface area contributed by atoms with Crippen molar-refractivity contribution in [1.29, 1.82) is 0 Å². The lowest BCUT2D eigenvalue weighted by molar-refractivity contribution is 0.596. The summed E-state index contributed by atoms with van der Waals surface area (Å²) in [6, 6.07) is 8.93. The van der Waals surface area contributed by atoms with Crippen molar-refractivity contribution in [3.8, 4) is 0 Å². The molecule has 21 heavy (non-hydrogen) atoms. The van der Waals surface area contributed by atoms with E-state index in [1.165, 1.54) is 6.07 Å². The van der Waals surface area contributed by atoms with Crippen molar-refractivity contribution in [1.82, 2.24) is 0 Å². The fourth-order valence-electron chi connectivity index (χ4n) is 2.11. The Labute approximate surface area is 129 Å². The Bertz CT molecular complexity index is 710. The smallest absolute Gasteiger partial charge is 0.240 e. The van der Waals surface area contributed by atoms with E-state index in [1.807, 2.05) is 36.3 Å². The van der Waals surface area contributed by atoms with E-state index in [4.69, 9.17) is 10.9 Å². The lowest BCUT2D eigenvalue weighted by atomic mass is 10.2. The zero-order valence-corrected chi connectivity index (χ0v) is 13.6. The van der Waals surface area contributed by atoms with Gasteiger partial charge in [-0.05, 0) is 43.5 Å². The van der Waals surface area contributed by atoms with Crippen molar-refractivity contribution in [2.75, 3.05) is 10.6 Å². The number of primary sulfonamides is 1. The summed E-state index contributed by atoms with van der Waals surface area (Å²) in [7, 11) is -3.83. The van der Waals surface area contributed by atoms with Crippen molar-refractivity contribution < 1.29 is 8.42 Å². The molecule has 0 aliphatic carbocycles. The molecule has 0 amide bonds. The number of nitrogens with zero attached hydrogens (tertiary/aromatic N) is 1. The third-order valence-electron chi connectivity index (χ3n) is 3.13. The fourth-order valence-corrected chi connectivity index (χ4v) is 3.59. The highest BCUT2D eigenvalue weighted by Gasteiger charge is 2.21. The van der Waals surface area contributed by atoms with Gasteiger partial charge in [-0.15, -0.1) is 11.3 Å². The highest BCUT2D eigenvalue weighted by atomic mass is 32.2. The zero-order chi connectivity index (χ0) is 15.6. The molecule has 1 aromatic heterocycles. The van der Waals surface area contributed by atoms with Crippen molar-refractivity contribution in [3.63, 3.8) is 0 Å². The number of thiophene rings is 1. The van der Waals surface area contributed by atoms with Gasteiger partial charge in [0.2, 0.25) is 10.0 Å². The van der Waals surface area contributed by atoms with Gasteiger partial charge in [-0.25, -0.2) is 13.6 Å². The topological polar surface area (TPSA) is 89.4 Å². The second kappa shape index (κ2) is 6.05. The highest BCUT2D eigenvalue weighted by Crippen LogP contribution is 2.30. The van der Waals surface area contributed by atoms with Gasteiger partial charge in [0, 0.05) is 16.6 Å². The van der Waals surface area contributed by atoms with Crippen LogP contribution in [-0.4, -0.2) is 14.5 Å². The maximum atomic E-state index is 11.8. The first-order valence-corrected chi connectivity index (χ1v) is 8.93. The molecule has 114 valence electrons. The van der Waals surface area contributed by atoms with Gasteiger partial charge in [-0.2, -0.15) is 0 Å². The minimum atomic E-state index is -3.83. The third-order valence-corrected chi connectivity index (χ3v) is 4.93. The molecule has 0 radical (unpaired) electrons. The van der Waals surface area contributed by atoms with Crippen molar-refractivity contribution in [3.05, 3.63) is 40.6 Å². The Morgan fingerprint density at radius 2 is 2.00 bits per heavy atom. The van der Waals surface area contributed by atoms with Crippen LogP contribution in [0.2, 0.25) is 0 Å². The lowest BCUT2D eigenvalue weighted by Gasteiger charge is -2.30. The predicted molar refractivity (Wildman–Crippen MR) is 87.9 cm³/mol. The molecular weight excluding hydrogens is 306 g/mol. The quantitative estimate of drug-likeness (QED) is 0.826. The molecule has 0 unspecified atom stereocenters. The van der Waals surface area contributed by atoms with Gasteiger partial charge in [0.25, 0.3) is 0 Å². The Kier molecular flexibility index (Phi) is 4.55. The van der Waals surface area contributed by atoms with E-state index in [1.54, 1.807) is 23.5 Å². The SMILES string of the molecule is CC(C)N(Cc1cccs1)c1ccc(N)cc1S(N)(=O)=O. The van der Waals surface area contributed by atoms with Crippen LogP contribution < -0.4 is 15.8 Å². The van der Waals surface area contributed by atoms with Crippen LogP contribution in [0.1, 0.15) is 18.7 Å². The summed E-state index contributed by atoms with van der Waals surface area (Å²) in [4.78, 5) is 3.22. The Balaban J connectivity index is 2.50. The molecule has 0 fully saturated rings. The molecule has 0 aliphatic rings. The van der Waals surface area contributed by atoms with E-state index in [2.05, 4.69) is 0 Å². The Morgan fingerprint density at radius 1 is 1.29 bits per heavy atom. The Morgan fingerprint density at radius 3 is 2.52 bits per heavy atom. The Hall–Kier alpha value is -1.57. The molecule has 0 bridgehead atoms. The van der Waals surface area contributed by atoms with Crippen LogP contribution >= 0.6 is 11.3 Å². The van der Waals surface area contributed by atoms with Crippen LogP contribution in [0, 0.1) is 0 Å². The first kappa shape index (κ1) is 15.8. The molecule has 5 nitrogen and oxygen atoms in total. The minimum Gasteiger partial charge on any atom is -0.399 e. The first-order chi connectivity index (χ1) is 9.79. The predicted octanol–water partition coefficient (Wildman–Crippen LogP) is 2.39. The van der Waals surface area contributed by atoms with Gasteiger partial charge in [0.1, 0.15) is 4.90 Å². The average molecular weight is 325 g/mol. The average Bonchev–Trinajstić information content (AvgIpc) is 2.88. The summed E-state index contributed by atoms with van der Waals surface area (Å²) in [6.07, 6.45) is 0. The van der Waals surface area contributed by atoms with E-state index >= 15 is 0 Å². The monoisotopic (exact) mass is 325 g/mol. The molecule has 0 aliphatic heterocycles. The molecule has 1 aromatic carbocycles. The van der Waals surface area contributed by atoms with E-state index in [0.717, 1.165) is 4.88 Å². The summed E-state index contributed by atoms with van der Waals surface area (Å²) in [6.45, 7) is 4.65. The number of benzene rings is 1. The van der Waals surface area contributed by atoms with Crippen molar-refractivity contribution in [2.24, 2.45) is 5.14 Å². The van der Waals surface area contributed by atoms with Gasteiger partial charge in [-0.1, -0.05) is 6.07 Å². The van der Waals surface area contributed by atoms with Crippen LogP contribution in [0.5, 0.6) is 0 Å². The molecule has 1 heterocycles. The summed E-state index contributed by atoms with van der Waals surface area (Å²) < 4.78 is 23.7. The second-order valence-electron chi connectivity index (χ2n) is 5.07. The van der Waals surface area contributed by atoms with E-state index in [0.29, 0.717) is 17.9 Å². The van der Waals surface area contributed by atoms with Crippen LogP contribution in [0.25, 0.3) is 0 Å². The molecule has 0 saturated carbocycles. The summed E-state index contributed by atoms with van der Waals surface area (Å²) in [5.41, 5.74) is 6.66. The maximum absolute atomic E-state index is 11.8. The highest BCUT2D eigenvalue weighted by molar-refractivity contribution is 7.89.